The molecule has 3 rings (SSSR count). The van der Waals surface area contributed by atoms with Crippen LogP contribution in [0.1, 0.15) is 16.1 Å². The highest BCUT2D eigenvalue weighted by Gasteiger charge is 2.21. The van der Waals surface area contributed by atoms with Crippen LogP contribution in [0.2, 0.25) is 15.2 Å². The number of halogens is 3. The van der Waals surface area contributed by atoms with Crippen molar-refractivity contribution in [2.24, 2.45) is 0 Å². The van der Waals surface area contributed by atoms with Crippen molar-refractivity contribution in [3.05, 3.63) is 69.4 Å². The average molecular weight is 439 g/mol. The maximum Gasteiger partial charge on any atom is 0.356 e. The van der Waals surface area contributed by atoms with E-state index in [-0.39, 0.29) is 20.9 Å². The summed E-state index contributed by atoms with van der Waals surface area (Å²) in [5, 5.41) is 10.8. The van der Waals surface area contributed by atoms with Gasteiger partial charge in [0.25, 0.3) is 0 Å². The van der Waals surface area contributed by atoms with Crippen LogP contribution in [0.5, 0.6) is 5.75 Å². The summed E-state index contributed by atoms with van der Waals surface area (Å²) >= 11 is 18.1. The summed E-state index contributed by atoms with van der Waals surface area (Å²) < 4.78 is 5.22. The quantitative estimate of drug-likeness (QED) is 0.349. The van der Waals surface area contributed by atoms with E-state index in [1.165, 1.54) is 0 Å². The van der Waals surface area contributed by atoms with Crippen LogP contribution >= 0.6 is 34.8 Å². The number of hydrazine groups is 1. The third-order valence-electron chi connectivity index (χ3n) is 3.97. The highest BCUT2D eigenvalue weighted by molar-refractivity contribution is 6.46. The highest BCUT2D eigenvalue weighted by atomic mass is 35.5. The number of carbonyl (C=O) groups is 1. The predicted molar refractivity (Wildman–Crippen MR) is 113 cm³/mol. The summed E-state index contributed by atoms with van der Waals surface area (Å²) in [4.78, 5) is 14.9. The second-order valence-electron chi connectivity index (χ2n) is 5.72. The molecule has 28 heavy (non-hydrogen) atoms. The summed E-state index contributed by atoms with van der Waals surface area (Å²) in [7, 11) is 1.62. The Balaban J connectivity index is 1.84. The molecule has 0 unspecified atom stereocenters. The van der Waals surface area contributed by atoms with E-state index >= 15 is 0 Å². The number of hydrogen-bond acceptors (Lipinski definition) is 5. The molecular weight excluding hydrogens is 425 g/mol. The third-order valence-corrected chi connectivity index (χ3v) is 5.08. The molecule has 0 bridgehead atoms. The van der Waals surface area contributed by atoms with Gasteiger partial charge < -0.3 is 15.3 Å². The Labute approximate surface area is 175 Å². The fourth-order valence-corrected chi connectivity index (χ4v) is 3.19. The monoisotopic (exact) mass is 437 g/mol. The number of carboxylic acid groups (broad SMARTS) is 1. The first-order valence-electron chi connectivity index (χ1n) is 7.88. The molecule has 0 aliphatic carbocycles. The Kier molecular flexibility index (Phi) is 5.84. The van der Waals surface area contributed by atoms with E-state index in [2.05, 4.69) is 22.4 Å². The summed E-state index contributed by atoms with van der Waals surface area (Å²) in [5.74, 6) is -0.553. The van der Waals surface area contributed by atoms with Crippen LogP contribution in [0.3, 0.4) is 0 Å². The first kappa shape index (κ1) is 20.1. The van der Waals surface area contributed by atoms with Gasteiger partial charge in [-0.2, -0.15) is 0 Å². The number of nitrogens with one attached hydrogen (secondary N) is 2. The number of nitrogens with zero attached hydrogens (tertiary/aromatic N) is 1. The second-order valence-corrected chi connectivity index (χ2v) is 6.83. The highest BCUT2D eigenvalue weighted by Crippen LogP contribution is 2.36. The van der Waals surface area contributed by atoms with Crippen LogP contribution in [0.25, 0.3) is 16.5 Å². The topological polar surface area (TPSA) is 83.5 Å². The van der Waals surface area contributed by atoms with E-state index in [0.29, 0.717) is 5.70 Å². The van der Waals surface area contributed by atoms with Gasteiger partial charge in [-0.15, -0.1) is 0 Å². The Hall–Kier alpha value is -2.67. The molecule has 0 radical (unpaired) electrons. The molecule has 0 aliphatic rings. The number of pyridine rings is 1. The SMILES string of the molecule is C=C(NNc1c(Cl)c(Cl)nc(C(=O)O)c1Cl)c1ccc2cc(OC)ccc2c1. The molecule has 1 heterocycles. The van der Waals surface area contributed by atoms with Crippen molar-refractivity contribution in [1.82, 2.24) is 10.4 Å². The van der Waals surface area contributed by atoms with Crippen molar-refractivity contribution in [3.63, 3.8) is 0 Å². The van der Waals surface area contributed by atoms with Gasteiger partial charge in [0.1, 0.15) is 15.8 Å². The number of ether oxygens (including phenoxy) is 1. The molecule has 0 atom stereocenters. The minimum absolute atomic E-state index is 0.0115. The Morgan fingerprint density at radius 3 is 2.46 bits per heavy atom. The second kappa shape index (κ2) is 8.14. The molecular formula is C19H14Cl3N3O3. The standard InChI is InChI=1S/C19H14Cl3N3O3/c1-9(10-3-4-12-8-13(28-2)6-5-11(12)7-10)24-25-16-14(20)17(19(26)27)23-18(22)15(16)21/h3-8,24H,1H2,2H3,(H,23,25)(H,26,27). The maximum atomic E-state index is 11.2. The Morgan fingerprint density at radius 1 is 1.11 bits per heavy atom. The molecule has 0 saturated carbocycles. The Morgan fingerprint density at radius 2 is 1.79 bits per heavy atom. The number of aromatic nitrogens is 1. The van der Waals surface area contributed by atoms with Crippen molar-refractivity contribution in [2.75, 3.05) is 12.5 Å². The maximum absolute atomic E-state index is 11.2. The largest absolute Gasteiger partial charge is 0.497 e. The normalized spacial score (nSPS) is 10.6. The van der Waals surface area contributed by atoms with Gasteiger partial charge in [0.2, 0.25) is 0 Å². The van der Waals surface area contributed by atoms with Gasteiger partial charge in [0.05, 0.1) is 18.5 Å². The number of hydrogen-bond donors (Lipinski definition) is 3. The van der Waals surface area contributed by atoms with Crippen LogP contribution in [0, 0.1) is 0 Å². The smallest absolute Gasteiger partial charge is 0.356 e. The molecule has 1 aromatic heterocycles. The molecule has 144 valence electrons. The minimum Gasteiger partial charge on any atom is -0.497 e. The van der Waals surface area contributed by atoms with E-state index < -0.39 is 11.7 Å². The number of aromatic carboxylic acids is 1. The van der Waals surface area contributed by atoms with E-state index in [0.717, 1.165) is 22.1 Å². The number of methoxy groups -OCH3 is 1. The first-order valence-corrected chi connectivity index (χ1v) is 9.02. The first-order chi connectivity index (χ1) is 13.3. The van der Waals surface area contributed by atoms with E-state index in [4.69, 9.17) is 39.5 Å². The summed E-state index contributed by atoms with van der Waals surface area (Å²) in [5.41, 5.74) is 6.61. The summed E-state index contributed by atoms with van der Waals surface area (Å²) in [6, 6.07) is 11.5. The molecule has 0 amide bonds. The summed E-state index contributed by atoms with van der Waals surface area (Å²) in [6.07, 6.45) is 0. The van der Waals surface area contributed by atoms with E-state index in [1.54, 1.807) is 7.11 Å². The number of benzene rings is 2. The van der Waals surface area contributed by atoms with Gasteiger partial charge in [-0.1, -0.05) is 59.6 Å². The molecule has 0 fully saturated rings. The predicted octanol–water partition coefficient (Wildman–Crippen LogP) is 5.49. The van der Waals surface area contributed by atoms with Gasteiger partial charge in [-0.3, -0.25) is 5.43 Å². The lowest BCUT2D eigenvalue weighted by molar-refractivity contribution is 0.0691. The lowest BCUT2D eigenvalue weighted by Crippen LogP contribution is -2.21. The number of anilines is 1. The molecule has 3 aromatic rings. The van der Waals surface area contributed by atoms with Crippen LogP contribution in [0.4, 0.5) is 5.69 Å². The zero-order valence-corrected chi connectivity index (χ0v) is 16.8. The zero-order chi connectivity index (χ0) is 20.4. The third kappa shape index (κ3) is 3.94. The lowest BCUT2D eigenvalue weighted by Gasteiger charge is -2.16. The van der Waals surface area contributed by atoms with Crippen molar-refractivity contribution in [3.8, 4) is 5.75 Å². The molecule has 2 aromatic carbocycles. The molecule has 0 aliphatic heterocycles. The molecule has 0 saturated heterocycles. The molecule has 0 spiro atoms. The van der Waals surface area contributed by atoms with E-state index in [1.807, 2.05) is 36.4 Å². The van der Waals surface area contributed by atoms with Crippen molar-refractivity contribution in [2.45, 2.75) is 0 Å². The van der Waals surface area contributed by atoms with Gasteiger partial charge in [-0.05, 0) is 34.5 Å². The number of carboxylic acids is 1. The van der Waals surface area contributed by atoms with Crippen LogP contribution < -0.4 is 15.6 Å². The molecule has 6 nitrogen and oxygen atoms in total. The zero-order valence-electron chi connectivity index (χ0n) is 14.5. The van der Waals surface area contributed by atoms with Gasteiger partial charge >= 0.3 is 5.97 Å². The van der Waals surface area contributed by atoms with Crippen LogP contribution in [0.15, 0.2) is 43.0 Å². The minimum atomic E-state index is -1.32. The lowest BCUT2D eigenvalue weighted by atomic mass is 10.1. The van der Waals surface area contributed by atoms with Crippen molar-refractivity contribution in [1.29, 1.82) is 0 Å². The number of fused-ring (bicyclic) bond motifs is 1. The average Bonchev–Trinajstić information content (AvgIpc) is 2.69. The van der Waals surface area contributed by atoms with Gasteiger partial charge in [0, 0.05) is 0 Å². The van der Waals surface area contributed by atoms with Crippen molar-refractivity contribution >= 4 is 62.9 Å². The van der Waals surface area contributed by atoms with Crippen LogP contribution in [-0.4, -0.2) is 23.2 Å². The molecule has 9 heteroatoms. The Bertz CT molecular complexity index is 1100. The summed E-state index contributed by atoms with van der Waals surface area (Å²) in [6.45, 7) is 3.97. The van der Waals surface area contributed by atoms with Crippen molar-refractivity contribution < 1.29 is 14.6 Å². The number of rotatable bonds is 6. The fraction of sp³-hybridized carbons (Fsp3) is 0.0526. The van der Waals surface area contributed by atoms with Crippen LogP contribution in [-0.2, 0) is 0 Å². The molecule has 3 N–H and O–H groups in total. The van der Waals surface area contributed by atoms with Gasteiger partial charge in [0.15, 0.2) is 10.8 Å². The van der Waals surface area contributed by atoms with Gasteiger partial charge in [-0.25, -0.2) is 9.78 Å². The fourth-order valence-electron chi connectivity index (χ4n) is 2.51. The van der Waals surface area contributed by atoms with E-state index in [9.17, 15) is 9.90 Å².